The monoisotopic (exact) mass is 456 g/mol. The number of ether oxygens (including phenoxy) is 2. The molecule has 1 aromatic heterocycles. The lowest BCUT2D eigenvalue weighted by Gasteiger charge is -2.13. The second-order valence-electron chi connectivity index (χ2n) is 7.19. The van der Waals surface area contributed by atoms with Crippen molar-refractivity contribution in [2.45, 2.75) is 19.6 Å². The van der Waals surface area contributed by atoms with E-state index in [1.165, 1.54) is 16.5 Å². The van der Waals surface area contributed by atoms with Crippen molar-refractivity contribution in [3.05, 3.63) is 94.6 Å². The molecule has 0 aliphatic heterocycles. The van der Waals surface area contributed by atoms with E-state index in [0.29, 0.717) is 11.6 Å². The maximum atomic E-state index is 6.04. The number of halogens is 2. The molecule has 3 aromatic carbocycles. The SMILES string of the molecule is COc1cc(CNCCc2c[nH]c3ccccc23)ccc1OCc1cccc(Cl)c1.Cl. The largest absolute Gasteiger partial charge is 0.493 e. The molecule has 0 amide bonds. The van der Waals surface area contributed by atoms with Gasteiger partial charge in [0.1, 0.15) is 6.61 Å². The first-order valence-corrected chi connectivity index (χ1v) is 10.4. The number of rotatable bonds is 9. The van der Waals surface area contributed by atoms with E-state index in [4.69, 9.17) is 21.1 Å². The van der Waals surface area contributed by atoms with E-state index in [-0.39, 0.29) is 12.4 Å². The van der Waals surface area contributed by atoms with Gasteiger partial charge in [-0.2, -0.15) is 0 Å². The minimum absolute atomic E-state index is 0. The summed E-state index contributed by atoms with van der Waals surface area (Å²) in [5.41, 5.74) is 4.69. The van der Waals surface area contributed by atoms with Crippen molar-refractivity contribution < 1.29 is 9.47 Å². The van der Waals surface area contributed by atoms with Crippen LogP contribution in [0.5, 0.6) is 11.5 Å². The molecule has 2 N–H and O–H groups in total. The van der Waals surface area contributed by atoms with E-state index >= 15 is 0 Å². The number of para-hydroxylation sites is 1. The predicted molar refractivity (Wildman–Crippen MR) is 130 cm³/mol. The van der Waals surface area contributed by atoms with E-state index in [1.807, 2.05) is 36.4 Å². The van der Waals surface area contributed by atoms with E-state index in [2.05, 4.69) is 46.8 Å². The smallest absolute Gasteiger partial charge is 0.161 e. The molecule has 4 nitrogen and oxygen atoms in total. The highest BCUT2D eigenvalue weighted by Crippen LogP contribution is 2.29. The number of hydrogen-bond acceptors (Lipinski definition) is 3. The van der Waals surface area contributed by atoms with Crippen LogP contribution in [0.4, 0.5) is 0 Å². The van der Waals surface area contributed by atoms with Gasteiger partial charge in [-0.25, -0.2) is 0 Å². The topological polar surface area (TPSA) is 46.3 Å². The van der Waals surface area contributed by atoms with Crippen LogP contribution in [0.15, 0.2) is 72.9 Å². The van der Waals surface area contributed by atoms with Crippen molar-refractivity contribution in [2.24, 2.45) is 0 Å². The Morgan fingerprint density at radius 3 is 2.65 bits per heavy atom. The van der Waals surface area contributed by atoms with Crippen molar-refractivity contribution in [3.8, 4) is 11.5 Å². The number of benzene rings is 3. The first-order chi connectivity index (χ1) is 14.7. The molecule has 0 fully saturated rings. The summed E-state index contributed by atoms with van der Waals surface area (Å²) in [5.74, 6) is 1.45. The lowest BCUT2D eigenvalue weighted by atomic mass is 10.1. The van der Waals surface area contributed by atoms with Gasteiger partial charge < -0.3 is 19.8 Å². The fourth-order valence-corrected chi connectivity index (χ4v) is 3.74. The molecule has 1 heterocycles. The fraction of sp³-hybridized carbons (Fsp3) is 0.200. The van der Waals surface area contributed by atoms with Crippen LogP contribution < -0.4 is 14.8 Å². The van der Waals surface area contributed by atoms with Gasteiger partial charge in [0.2, 0.25) is 0 Å². The molecule has 4 rings (SSSR count). The zero-order chi connectivity index (χ0) is 20.8. The Morgan fingerprint density at radius 2 is 1.81 bits per heavy atom. The Hall–Kier alpha value is -2.66. The molecule has 0 atom stereocenters. The third kappa shape index (κ3) is 5.95. The van der Waals surface area contributed by atoms with Gasteiger partial charge in [-0.15, -0.1) is 12.4 Å². The lowest BCUT2D eigenvalue weighted by Crippen LogP contribution is -2.16. The molecule has 0 aliphatic rings. The summed E-state index contributed by atoms with van der Waals surface area (Å²) < 4.78 is 11.5. The molecule has 0 aliphatic carbocycles. The molecule has 6 heteroatoms. The Labute approximate surface area is 193 Å². The quantitative estimate of drug-likeness (QED) is 0.296. The van der Waals surface area contributed by atoms with Gasteiger partial charge in [-0.3, -0.25) is 0 Å². The Bertz CT molecular complexity index is 1130. The van der Waals surface area contributed by atoms with Crippen LogP contribution in [0.3, 0.4) is 0 Å². The number of methoxy groups -OCH3 is 1. The number of aromatic nitrogens is 1. The summed E-state index contributed by atoms with van der Waals surface area (Å²) in [5, 5.41) is 5.51. The van der Waals surface area contributed by atoms with Gasteiger partial charge in [0.15, 0.2) is 11.5 Å². The molecular formula is C25H26Cl2N2O2. The highest BCUT2D eigenvalue weighted by molar-refractivity contribution is 6.30. The molecular weight excluding hydrogens is 431 g/mol. The maximum Gasteiger partial charge on any atom is 0.161 e. The summed E-state index contributed by atoms with van der Waals surface area (Å²) in [6.45, 7) is 2.11. The average molecular weight is 457 g/mol. The second-order valence-corrected chi connectivity index (χ2v) is 7.63. The number of fused-ring (bicyclic) bond motifs is 1. The highest BCUT2D eigenvalue weighted by Gasteiger charge is 2.07. The van der Waals surface area contributed by atoms with Crippen molar-refractivity contribution in [1.82, 2.24) is 10.3 Å². The molecule has 0 bridgehead atoms. The molecule has 162 valence electrons. The standard InChI is InChI=1S/C25H25ClN2O2.ClH/c1-29-25-14-18(9-10-24(25)30-17-19-5-4-6-21(26)13-19)15-27-12-11-20-16-28-23-8-3-2-7-22(20)23;/h2-10,13-14,16,27-28H,11-12,15,17H2,1H3;1H. The molecule has 4 aromatic rings. The third-order valence-corrected chi connectivity index (χ3v) is 5.32. The van der Waals surface area contributed by atoms with Crippen LogP contribution >= 0.6 is 24.0 Å². The summed E-state index contributed by atoms with van der Waals surface area (Å²) in [4.78, 5) is 3.33. The van der Waals surface area contributed by atoms with E-state index < -0.39 is 0 Å². The molecule has 0 radical (unpaired) electrons. The summed E-state index contributed by atoms with van der Waals surface area (Å²) in [6.07, 6.45) is 3.07. The van der Waals surface area contributed by atoms with Gasteiger partial charge in [-0.05, 0) is 60.0 Å². The predicted octanol–water partition coefficient (Wildman–Crippen LogP) is 6.16. The van der Waals surface area contributed by atoms with Crippen LogP contribution in [-0.4, -0.2) is 18.6 Å². The van der Waals surface area contributed by atoms with Crippen LogP contribution in [0.25, 0.3) is 10.9 Å². The summed E-state index contributed by atoms with van der Waals surface area (Å²) in [6, 6.07) is 22.1. The van der Waals surface area contributed by atoms with Gasteiger partial charge in [-0.1, -0.05) is 48.0 Å². The average Bonchev–Trinajstić information content (AvgIpc) is 3.19. The Morgan fingerprint density at radius 1 is 0.935 bits per heavy atom. The van der Waals surface area contributed by atoms with Crippen LogP contribution in [0.1, 0.15) is 16.7 Å². The Balaban J connectivity index is 0.00000272. The molecule has 0 saturated heterocycles. The minimum atomic E-state index is 0. The highest BCUT2D eigenvalue weighted by atomic mass is 35.5. The number of hydrogen-bond donors (Lipinski definition) is 2. The van der Waals surface area contributed by atoms with E-state index in [0.717, 1.165) is 42.1 Å². The van der Waals surface area contributed by atoms with E-state index in [9.17, 15) is 0 Å². The minimum Gasteiger partial charge on any atom is -0.493 e. The molecule has 0 unspecified atom stereocenters. The fourth-order valence-electron chi connectivity index (χ4n) is 3.52. The van der Waals surface area contributed by atoms with Crippen molar-refractivity contribution >= 4 is 34.9 Å². The van der Waals surface area contributed by atoms with Crippen molar-refractivity contribution in [3.63, 3.8) is 0 Å². The lowest BCUT2D eigenvalue weighted by molar-refractivity contribution is 0.284. The molecule has 0 saturated carbocycles. The molecule has 0 spiro atoms. The number of H-pyrrole nitrogens is 1. The summed E-state index contributed by atoms with van der Waals surface area (Å²) in [7, 11) is 1.66. The second kappa shape index (κ2) is 11.1. The molecule has 31 heavy (non-hydrogen) atoms. The number of aromatic amines is 1. The van der Waals surface area contributed by atoms with Gasteiger partial charge >= 0.3 is 0 Å². The van der Waals surface area contributed by atoms with Gasteiger partial charge in [0.25, 0.3) is 0 Å². The van der Waals surface area contributed by atoms with Gasteiger partial charge in [0, 0.05) is 28.7 Å². The van der Waals surface area contributed by atoms with Gasteiger partial charge in [0.05, 0.1) is 7.11 Å². The van der Waals surface area contributed by atoms with Crippen LogP contribution in [0.2, 0.25) is 5.02 Å². The normalized spacial score (nSPS) is 10.6. The third-order valence-electron chi connectivity index (χ3n) is 5.09. The van der Waals surface area contributed by atoms with Crippen molar-refractivity contribution in [1.29, 1.82) is 0 Å². The Kier molecular flexibility index (Phi) is 8.24. The maximum absolute atomic E-state index is 6.04. The van der Waals surface area contributed by atoms with E-state index in [1.54, 1.807) is 7.11 Å². The summed E-state index contributed by atoms with van der Waals surface area (Å²) >= 11 is 6.04. The van der Waals surface area contributed by atoms with Crippen molar-refractivity contribution in [2.75, 3.05) is 13.7 Å². The zero-order valence-electron chi connectivity index (χ0n) is 17.4. The number of nitrogens with one attached hydrogen (secondary N) is 2. The van der Waals surface area contributed by atoms with Crippen LogP contribution in [-0.2, 0) is 19.6 Å². The van der Waals surface area contributed by atoms with Crippen LogP contribution in [0, 0.1) is 0 Å². The zero-order valence-corrected chi connectivity index (χ0v) is 18.9. The first kappa shape index (κ1) is 23.0. The first-order valence-electron chi connectivity index (χ1n) is 10.0.